The molecule has 0 aliphatic carbocycles. The number of ether oxygens (including phenoxy) is 4. The molecule has 0 N–H and O–H groups in total. The third kappa shape index (κ3) is 8.57. The van der Waals surface area contributed by atoms with Crippen LogP contribution in [0.4, 0.5) is 0 Å². The summed E-state index contributed by atoms with van der Waals surface area (Å²) in [5.41, 5.74) is 8.91. The molecular weight excluding hydrogens is 907 g/mol. The molecule has 0 atom stereocenters. The Hall–Kier alpha value is -5.90. The van der Waals surface area contributed by atoms with E-state index in [4.69, 9.17) is 58.8 Å². The molecule has 5 heterocycles. The molecule has 2 aliphatic heterocycles. The predicted octanol–water partition coefficient (Wildman–Crippen LogP) is 12.1. The van der Waals surface area contributed by atoms with Crippen molar-refractivity contribution < 1.29 is 39.4 Å². The van der Waals surface area contributed by atoms with Crippen LogP contribution in [0.25, 0.3) is 89.7 Å². The van der Waals surface area contributed by atoms with Crippen molar-refractivity contribution >= 4 is 44.1 Å². The van der Waals surface area contributed by atoms with Crippen LogP contribution >= 0.6 is 0 Å². The SMILES string of the molecule is CCCCOc1ccc(C)c2c1-c1nc-2nc2[n-]c(nc3nc(nc4[n-]c(n1)c1c(C)ccc(OCCCC)c41)-c1c(OCCCC)ccc(C)c1-3)c1c(OCCCC)ccc(C)c21.[Pd+2]. The van der Waals surface area contributed by atoms with Gasteiger partial charge >= 0.3 is 20.4 Å². The van der Waals surface area contributed by atoms with E-state index in [9.17, 15) is 0 Å². The number of unbranched alkanes of at least 4 members (excludes halogenated alkanes) is 4. The van der Waals surface area contributed by atoms with Crippen LogP contribution < -0.4 is 28.9 Å². The first kappa shape index (κ1) is 45.7. The van der Waals surface area contributed by atoms with Gasteiger partial charge in [0.2, 0.25) is 0 Å². The minimum absolute atomic E-state index is 0. The third-order valence-electron chi connectivity index (χ3n) is 12.0. The summed E-state index contributed by atoms with van der Waals surface area (Å²) in [6.45, 7) is 19.1. The molecule has 12 nitrogen and oxygen atoms in total. The van der Waals surface area contributed by atoms with Gasteiger partial charge in [0, 0.05) is 55.3 Å². The first-order valence-electron chi connectivity index (χ1n) is 23.0. The van der Waals surface area contributed by atoms with E-state index < -0.39 is 0 Å². The number of hydrogen-bond acceptors (Lipinski definition) is 10. The largest absolute Gasteiger partial charge is 2.00 e. The molecule has 3 aromatic heterocycles. The van der Waals surface area contributed by atoms with Crippen LogP contribution in [0.15, 0.2) is 48.5 Å². The van der Waals surface area contributed by atoms with Crippen LogP contribution in [0, 0.1) is 27.7 Å². The van der Waals surface area contributed by atoms with Crippen molar-refractivity contribution in [2.24, 2.45) is 0 Å². The molecular formula is C52H56N8O4Pd. The van der Waals surface area contributed by atoms with Gasteiger partial charge in [0.15, 0.2) is 0 Å². The molecule has 0 unspecified atom stereocenters. The van der Waals surface area contributed by atoms with Gasteiger partial charge in [-0.2, -0.15) is 0 Å². The van der Waals surface area contributed by atoms with E-state index in [1.807, 2.05) is 24.3 Å². The molecule has 8 bridgehead atoms. The minimum Gasteiger partial charge on any atom is -0.493 e. The first-order valence-corrected chi connectivity index (χ1v) is 23.0. The number of aryl methyl sites for hydroxylation is 4. The average molecular weight is 963 g/mol. The fourth-order valence-electron chi connectivity index (χ4n) is 8.48. The summed E-state index contributed by atoms with van der Waals surface area (Å²) < 4.78 is 26.1. The number of fused-ring (bicyclic) bond motifs is 20. The number of aromatic nitrogens is 8. The van der Waals surface area contributed by atoms with E-state index >= 15 is 0 Å². The maximum atomic E-state index is 6.52. The molecule has 0 saturated carbocycles. The van der Waals surface area contributed by atoms with Gasteiger partial charge in [-0.05, 0) is 99.9 Å². The van der Waals surface area contributed by atoms with Crippen molar-refractivity contribution in [1.82, 2.24) is 39.9 Å². The summed E-state index contributed by atoms with van der Waals surface area (Å²) in [5, 5.41) is 3.17. The van der Waals surface area contributed by atoms with E-state index in [-0.39, 0.29) is 20.4 Å². The normalized spacial score (nSPS) is 11.7. The second-order valence-corrected chi connectivity index (χ2v) is 16.8. The van der Waals surface area contributed by atoms with E-state index in [0.717, 1.165) is 117 Å². The maximum Gasteiger partial charge on any atom is 2.00 e. The van der Waals surface area contributed by atoms with E-state index in [1.165, 1.54) is 0 Å². The Bertz CT molecular complexity index is 3090. The summed E-state index contributed by atoms with van der Waals surface area (Å²) in [6, 6.07) is 16.2. The third-order valence-corrected chi connectivity index (χ3v) is 12.0. The Kier molecular flexibility index (Phi) is 13.8. The van der Waals surface area contributed by atoms with Crippen molar-refractivity contribution in [3.8, 4) is 68.5 Å². The summed E-state index contributed by atoms with van der Waals surface area (Å²) in [7, 11) is 0. The van der Waals surface area contributed by atoms with Gasteiger partial charge in [-0.25, -0.2) is 9.97 Å². The second-order valence-electron chi connectivity index (χ2n) is 16.8. The molecule has 7 aromatic rings. The first-order chi connectivity index (χ1) is 31.2. The number of rotatable bonds is 16. The predicted molar refractivity (Wildman–Crippen MR) is 255 cm³/mol. The van der Waals surface area contributed by atoms with Crippen molar-refractivity contribution in [3.05, 3.63) is 70.8 Å². The fraction of sp³-hybridized carbons (Fsp3) is 0.385. The number of benzene rings is 4. The van der Waals surface area contributed by atoms with Gasteiger partial charge < -0.3 is 48.9 Å². The Morgan fingerprint density at radius 1 is 0.354 bits per heavy atom. The van der Waals surface area contributed by atoms with Gasteiger partial charge in [-0.3, -0.25) is 0 Å². The standard InChI is InChI=1S/C52H56N8O4.Pd/c1-9-13-25-61-33-21-17-29(5)37-41(33)49-54-45(37)53-46-38-30(6)18-22-34(62-26-14-10-2)42(38)50(55-46)57-48-40-32(8)20-24-36(64-28-16-12-4)44(40)52(59-48)60-51-43-35(63-27-15-11-3)23-19-31(7)39(43)47(56-49)58-51;/h17-24H,9-16,25-28H2,1-8H3;/q-2;+2. The van der Waals surface area contributed by atoms with E-state index in [2.05, 4.69) is 79.7 Å². The molecule has 0 radical (unpaired) electrons. The van der Waals surface area contributed by atoms with Gasteiger partial charge in [-0.1, -0.05) is 77.6 Å². The van der Waals surface area contributed by atoms with Crippen molar-refractivity contribution in [2.45, 2.75) is 107 Å². The Balaban J connectivity index is 0.00000576. The number of nitrogens with zero attached hydrogens (tertiary/aromatic N) is 8. The van der Waals surface area contributed by atoms with E-state index in [1.54, 1.807) is 0 Å². The van der Waals surface area contributed by atoms with Gasteiger partial charge in [0.05, 0.1) is 60.9 Å². The average Bonchev–Trinajstić information content (AvgIpc) is 4.04. The second kappa shape index (κ2) is 19.7. The zero-order valence-electron chi connectivity index (χ0n) is 38.6. The van der Waals surface area contributed by atoms with Gasteiger partial charge in [-0.15, -0.1) is 0 Å². The maximum absolute atomic E-state index is 6.52. The number of hydrogen-bond donors (Lipinski definition) is 0. The van der Waals surface area contributed by atoms with Crippen LogP contribution in [0.1, 0.15) is 101 Å². The molecule has 13 heteroatoms. The molecule has 338 valence electrons. The van der Waals surface area contributed by atoms with Gasteiger partial charge in [0.25, 0.3) is 0 Å². The van der Waals surface area contributed by atoms with Crippen molar-refractivity contribution in [2.75, 3.05) is 26.4 Å². The molecule has 9 rings (SSSR count). The minimum atomic E-state index is 0. The molecule has 65 heavy (non-hydrogen) atoms. The van der Waals surface area contributed by atoms with Crippen LogP contribution in [0.5, 0.6) is 23.0 Å². The molecule has 0 spiro atoms. The zero-order valence-corrected chi connectivity index (χ0v) is 40.2. The summed E-state index contributed by atoms with van der Waals surface area (Å²) in [4.78, 5) is 42.4. The van der Waals surface area contributed by atoms with Gasteiger partial charge in [0.1, 0.15) is 23.0 Å². The molecule has 0 amide bonds. The summed E-state index contributed by atoms with van der Waals surface area (Å²) in [5.74, 6) is 4.55. The fourth-order valence-corrected chi connectivity index (χ4v) is 8.48. The Morgan fingerprint density at radius 3 is 1.00 bits per heavy atom. The topological polar surface area (TPSA) is 142 Å². The van der Waals surface area contributed by atoms with Crippen LogP contribution in [-0.4, -0.2) is 56.3 Å². The summed E-state index contributed by atoms with van der Waals surface area (Å²) in [6.07, 6.45) is 7.59. The molecule has 4 aromatic carbocycles. The Labute approximate surface area is 394 Å². The van der Waals surface area contributed by atoms with Crippen LogP contribution in [-0.2, 0) is 20.4 Å². The Morgan fingerprint density at radius 2 is 0.646 bits per heavy atom. The quantitative estimate of drug-likeness (QED) is 0.0672. The smallest absolute Gasteiger partial charge is 0.493 e. The van der Waals surface area contributed by atoms with Crippen LogP contribution in [0.2, 0.25) is 0 Å². The van der Waals surface area contributed by atoms with Crippen molar-refractivity contribution in [3.63, 3.8) is 0 Å². The summed E-state index contributed by atoms with van der Waals surface area (Å²) >= 11 is 0. The molecule has 2 aliphatic rings. The zero-order chi connectivity index (χ0) is 44.5. The molecule has 0 saturated heterocycles. The van der Waals surface area contributed by atoms with Crippen molar-refractivity contribution in [1.29, 1.82) is 0 Å². The molecule has 0 fully saturated rings. The van der Waals surface area contributed by atoms with Crippen LogP contribution in [0.3, 0.4) is 0 Å². The monoisotopic (exact) mass is 962 g/mol. The van der Waals surface area contributed by atoms with E-state index in [0.29, 0.717) is 95.3 Å².